The molecular weight excluding hydrogens is 239 g/mol. The van der Waals surface area contributed by atoms with Crippen LogP contribution in [0.3, 0.4) is 0 Å². The summed E-state index contributed by atoms with van der Waals surface area (Å²) < 4.78 is 0. The van der Waals surface area contributed by atoms with E-state index in [4.69, 9.17) is 0 Å². The van der Waals surface area contributed by atoms with E-state index in [1.807, 2.05) is 0 Å². The summed E-state index contributed by atoms with van der Waals surface area (Å²) in [6, 6.07) is 11.1. The Morgan fingerprint density at radius 3 is 1.84 bits per heavy atom. The van der Waals surface area contributed by atoms with Crippen LogP contribution in [0.25, 0.3) is 0 Å². The summed E-state index contributed by atoms with van der Waals surface area (Å²) in [4.78, 5) is 0. The summed E-state index contributed by atoms with van der Waals surface area (Å²) in [6.45, 7) is 4.58. The summed E-state index contributed by atoms with van der Waals surface area (Å²) in [7, 11) is 0. The Hall–Kier alpha value is 0.220. The zero-order chi connectivity index (χ0) is 13.1. The van der Waals surface area contributed by atoms with Crippen LogP contribution in [0, 0.1) is 0 Å². The third-order valence-corrected chi connectivity index (χ3v) is 3.83. The van der Waals surface area contributed by atoms with Crippen molar-refractivity contribution in [3.63, 3.8) is 0 Å². The standard InChI is InChI=1S/C18H30.Na.H/c1-3-5-7-10-14-17(13-9-6-4-2)18-15-11-8-12-16-18;;/h8,11-12,15-17H,3-7,9-10,13-14H2,1-2H3;;. The van der Waals surface area contributed by atoms with Crippen LogP contribution in [0.4, 0.5) is 0 Å². The Labute approximate surface area is 142 Å². The fraction of sp³-hybridized carbons (Fsp3) is 0.667. The van der Waals surface area contributed by atoms with E-state index in [2.05, 4.69) is 44.2 Å². The quantitative estimate of drug-likeness (QED) is 0.379. The van der Waals surface area contributed by atoms with Crippen LogP contribution in [-0.4, -0.2) is 29.6 Å². The molecule has 0 bridgehead atoms. The van der Waals surface area contributed by atoms with Gasteiger partial charge in [0, 0.05) is 0 Å². The van der Waals surface area contributed by atoms with Gasteiger partial charge in [-0.1, -0.05) is 89.1 Å². The summed E-state index contributed by atoms with van der Waals surface area (Å²) in [5.41, 5.74) is 1.56. The molecule has 0 aliphatic carbocycles. The predicted molar refractivity (Wildman–Crippen MR) is 89.2 cm³/mol. The van der Waals surface area contributed by atoms with Gasteiger partial charge in [-0.15, -0.1) is 0 Å². The molecule has 1 aromatic carbocycles. The fourth-order valence-electron chi connectivity index (χ4n) is 2.66. The van der Waals surface area contributed by atoms with E-state index < -0.39 is 0 Å². The molecule has 0 heterocycles. The van der Waals surface area contributed by atoms with Crippen LogP contribution in [-0.2, 0) is 0 Å². The van der Waals surface area contributed by atoms with Crippen molar-refractivity contribution in [1.82, 2.24) is 0 Å². The van der Waals surface area contributed by atoms with Gasteiger partial charge in [-0.05, 0) is 24.3 Å². The van der Waals surface area contributed by atoms with Crippen LogP contribution >= 0.6 is 0 Å². The number of hydrogen-bond acceptors (Lipinski definition) is 0. The van der Waals surface area contributed by atoms with Crippen molar-refractivity contribution in [2.45, 2.75) is 77.6 Å². The molecule has 0 aliphatic rings. The molecule has 19 heavy (non-hydrogen) atoms. The van der Waals surface area contributed by atoms with Crippen LogP contribution in [0.5, 0.6) is 0 Å². The van der Waals surface area contributed by atoms with Gasteiger partial charge in [-0.3, -0.25) is 0 Å². The van der Waals surface area contributed by atoms with E-state index in [1.54, 1.807) is 5.56 Å². The zero-order valence-corrected chi connectivity index (χ0v) is 12.3. The molecule has 0 radical (unpaired) electrons. The Morgan fingerprint density at radius 1 is 0.737 bits per heavy atom. The van der Waals surface area contributed by atoms with Crippen LogP contribution < -0.4 is 0 Å². The summed E-state index contributed by atoms with van der Waals surface area (Å²) in [5.74, 6) is 0.801. The number of benzene rings is 1. The Kier molecular flexibility index (Phi) is 13.4. The van der Waals surface area contributed by atoms with Gasteiger partial charge in [0.15, 0.2) is 0 Å². The first-order chi connectivity index (χ1) is 8.88. The maximum atomic E-state index is 2.32. The first-order valence-electron chi connectivity index (χ1n) is 7.93. The first kappa shape index (κ1) is 19.2. The monoisotopic (exact) mass is 270 g/mol. The van der Waals surface area contributed by atoms with Gasteiger partial charge in [0.1, 0.15) is 0 Å². The Balaban J connectivity index is 0.00000324. The van der Waals surface area contributed by atoms with Gasteiger partial charge in [-0.25, -0.2) is 0 Å². The second-order valence-electron chi connectivity index (χ2n) is 5.45. The number of hydrogen-bond donors (Lipinski definition) is 0. The van der Waals surface area contributed by atoms with E-state index in [1.165, 1.54) is 57.8 Å². The molecule has 0 saturated carbocycles. The van der Waals surface area contributed by atoms with Crippen molar-refractivity contribution in [2.24, 2.45) is 0 Å². The number of rotatable bonds is 10. The molecule has 1 heteroatoms. The number of unbranched alkanes of at least 4 members (excludes halogenated alkanes) is 5. The fourth-order valence-corrected chi connectivity index (χ4v) is 2.66. The summed E-state index contributed by atoms with van der Waals surface area (Å²) in [5, 5.41) is 0. The van der Waals surface area contributed by atoms with E-state index in [-0.39, 0.29) is 29.6 Å². The SMILES string of the molecule is CCCCCCC(CCCCC)c1ccccc1.[NaH]. The van der Waals surface area contributed by atoms with Crippen molar-refractivity contribution in [3.05, 3.63) is 35.9 Å². The van der Waals surface area contributed by atoms with E-state index in [0.717, 1.165) is 5.92 Å². The van der Waals surface area contributed by atoms with Crippen LogP contribution in [0.2, 0.25) is 0 Å². The second kappa shape index (κ2) is 13.2. The molecular formula is C18H31Na. The average Bonchev–Trinajstić information content (AvgIpc) is 2.42. The molecule has 1 atom stereocenters. The van der Waals surface area contributed by atoms with Crippen molar-refractivity contribution in [3.8, 4) is 0 Å². The Morgan fingerprint density at radius 2 is 1.26 bits per heavy atom. The Bertz CT molecular complexity index is 281. The minimum absolute atomic E-state index is 0. The van der Waals surface area contributed by atoms with Crippen molar-refractivity contribution in [1.29, 1.82) is 0 Å². The summed E-state index contributed by atoms with van der Waals surface area (Å²) in [6.07, 6.45) is 12.4. The van der Waals surface area contributed by atoms with E-state index >= 15 is 0 Å². The molecule has 0 N–H and O–H groups in total. The van der Waals surface area contributed by atoms with Gasteiger partial charge < -0.3 is 0 Å². The molecule has 0 nitrogen and oxygen atoms in total. The third-order valence-electron chi connectivity index (χ3n) is 3.83. The molecule has 0 amide bonds. The molecule has 104 valence electrons. The second-order valence-corrected chi connectivity index (χ2v) is 5.45. The third kappa shape index (κ3) is 8.89. The maximum absolute atomic E-state index is 2.32. The molecule has 0 spiro atoms. The molecule has 0 fully saturated rings. The van der Waals surface area contributed by atoms with E-state index in [9.17, 15) is 0 Å². The van der Waals surface area contributed by atoms with E-state index in [0.29, 0.717) is 0 Å². The topological polar surface area (TPSA) is 0 Å². The van der Waals surface area contributed by atoms with Gasteiger partial charge >= 0.3 is 29.6 Å². The van der Waals surface area contributed by atoms with Crippen molar-refractivity contribution < 1.29 is 0 Å². The summed E-state index contributed by atoms with van der Waals surface area (Å²) >= 11 is 0. The van der Waals surface area contributed by atoms with Gasteiger partial charge in [0.05, 0.1) is 0 Å². The predicted octanol–water partition coefficient (Wildman–Crippen LogP) is 5.67. The van der Waals surface area contributed by atoms with Gasteiger partial charge in [0.2, 0.25) is 0 Å². The average molecular weight is 270 g/mol. The molecule has 0 saturated heterocycles. The van der Waals surface area contributed by atoms with Crippen molar-refractivity contribution in [2.75, 3.05) is 0 Å². The molecule has 1 unspecified atom stereocenters. The van der Waals surface area contributed by atoms with Crippen LogP contribution in [0.1, 0.15) is 83.1 Å². The normalized spacial score (nSPS) is 11.9. The molecule has 0 aromatic heterocycles. The van der Waals surface area contributed by atoms with Crippen LogP contribution in [0.15, 0.2) is 30.3 Å². The molecule has 1 aromatic rings. The van der Waals surface area contributed by atoms with Gasteiger partial charge in [-0.2, -0.15) is 0 Å². The molecule has 0 aliphatic heterocycles. The minimum atomic E-state index is 0. The zero-order valence-electron chi connectivity index (χ0n) is 12.3. The first-order valence-corrected chi connectivity index (χ1v) is 7.93. The van der Waals surface area contributed by atoms with Crippen molar-refractivity contribution >= 4 is 29.6 Å². The molecule has 1 rings (SSSR count). The van der Waals surface area contributed by atoms with Gasteiger partial charge in [0.25, 0.3) is 0 Å².